The van der Waals surface area contributed by atoms with E-state index < -0.39 is 44.1 Å². The summed E-state index contributed by atoms with van der Waals surface area (Å²) in [5.74, 6) is -0.824. The minimum absolute atomic E-state index is 0.0143. The second kappa shape index (κ2) is 15.8. The van der Waals surface area contributed by atoms with Crippen LogP contribution in [0.4, 0.5) is 0 Å². The predicted octanol–water partition coefficient (Wildman–Crippen LogP) is 7.14. The molecular formula is C40H48ClNO7SSi. The van der Waals surface area contributed by atoms with E-state index in [9.17, 15) is 14.7 Å². The number of ketones is 1. The van der Waals surface area contributed by atoms with Crippen molar-refractivity contribution in [2.24, 2.45) is 10.4 Å². The Balaban J connectivity index is 1.54. The lowest BCUT2D eigenvalue weighted by atomic mass is 9.75. The molecule has 5 rings (SSSR count). The van der Waals surface area contributed by atoms with Gasteiger partial charge in [0.2, 0.25) is 0 Å². The van der Waals surface area contributed by atoms with Crippen LogP contribution >= 0.6 is 24.2 Å². The number of thiol groups is 1. The number of rotatable bonds is 10. The quantitative estimate of drug-likeness (QED) is 0.0984. The average Bonchev–Trinajstić information content (AvgIpc) is 3.06. The minimum atomic E-state index is -2.98. The standard InChI is InChI=1S/C40H48ClNO7SSi/c1-25(33-30(43)22-40(5,6)23-31(33)44)42-34-36(49-37(45)26-18-20-27(41)21-19-26)35(46-7)32(48-38(34)50)24-47-51(39(2,3)4,28-14-10-8-11-15-28)29-16-12-9-13-17-29/h8-21,32,34-36,38,43,50H,22-24H2,1-7H3/t32-,34+,35-,36-,38+/m1/s1. The Kier molecular flexibility index (Phi) is 12.1. The van der Waals surface area contributed by atoms with Gasteiger partial charge in [0.25, 0.3) is 8.32 Å². The maximum Gasteiger partial charge on any atom is 0.338 e. The Morgan fingerprint density at radius 3 is 2.06 bits per heavy atom. The summed E-state index contributed by atoms with van der Waals surface area (Å²) in [6.07, 6.45) is -1.96. The van der Waals surface area contributed by atoms with E-state index in [1.54, 1.807) is 31.2 Å². The summed E-state index contributed by atoms with van der Waals surface area (Å²) >= 11 is 10.9. The van der Waals surface area contributed by atoms with Crippen LogP contribution < -0.4 is 10.4 Å². The van der Waals surface area contributed by atoms with Crippen molar-refractivity contribution in [2.45, 2.75) is 89.2 Å². The van der Waals surface area contributed by atoms with Crippen LogP contribution in [0.2, 0.25) is 10.1 Å². The van der Waals surface area contributed by atoms with Crippen LogP contribution in [0.25, 0.3) is 0 Å². The summed E-state index contributed by atoms with van der Waals surface area (Å²) < 4.78 is 26.1. The van der Waals surface area contributed by atoms with E-state index in [4.69, 9.17) is 47.9 Å². The number of aliphatic hydroxyl groups is 1. The largest absolute Gasteiger partial charge is 0.511 e. The molecule has 51 heavy (non-hydrogen) atoms. The van der Waals surface area contributed by atoms with Crippen molar-refractivity contribution in [3.05, 3.63) is 107 Å². The Bertz CT molecular complexity index is 1720. The Labute approximate surface area is 312 Å². The minimum Gasteiger partial charge on any atom is -0.511 e. The van der Waals surface area contributed by atoms with Gasteiger partial charge in [0, 0.05) is 30.7 Å². The Morgan fingerprint density at radius 1 is 0.980 bits per heavy atom. The number of carbonyl (C=O) groups excluding carboxylic acids is 2. The number of methoxy groups -OCH3 is 1. The van der Waals surface area contributed by atoms with Crippen molar-refractivity contribution < 1.29 is 33.3 Å². The van der Waals surface area contributed by atoms with E-state index in [0.29, 0.717) is 22.7 Å². The highest BCUT2D eigenvalue weighted by atomic mass is 35.5. The van der Waals surface area contributed by atoms with Gasteiger partial charge in [-0.25, -0.2) is 4.79 Å². The number of Topliss-reactive ketones (excluding diaryl/α,β-unsaturated/α-hetero) is 1. The summed E-state index contributed by atoms with van der Waals surface area (Å²) in [6, 6.07) is 26.0. The van der Waals surface area contributed by atoms with Crippen LogP contribution in [0.15, 0.2) is 101 Å². The number of aliphatic imine (C=N–C) groups is 1. The Hall–Kier alpha value is -3.25. The monoisotopic (exact) mass is 749 g/mol. The third-order valence-electron chi connectivity index (χ3n) is 9.67. The lowest BCUT2D eigenvalue weighted by molar-refractivity contribution is -0.175. The molecule has 8 nitrogen and oxygen atoms in total. The van der Waals surface area contributed by atoms with Crippen molar-refractivity contribution >= 4 is 60.4 Å². The molecule has 2 aliphatic rings. The normalized spacial score (nSPS) is 24.4. The van der Waals surface area contributed by atoms with Crippen LogP contribution in [0.5, 0.6) is 0 Å². The molecule has 0 spiro atoms. The highest BCUT2D eigenvalue weighted by Gasteiger charge is 2.53. The maximum absolute atomic E-state index is 13.7. The first-order valence-corrected chi connectivity index (χ1v) is 20.0. The lowest BCUT2D eigenvalue weighted by Gasteiger charge is -2.46. The first-order valence-electron chi connectivity index (χ1n) is 17.2. The summed E-state index contributed by atoms with van der Waals surface area (Å²) in [5, 5.41) is 13.4. The third-order valence-corrected chi connectivity index (χ3v) is 15.4. The van der Waals surface area contributed by atoms with Gasteiger partial charge in [-0.2, -0.15) is 0 Å². The number of aliphatic hydroxyl groups excluding tert-OH is 1. The molecule has 0 saturated carbocycles. The number of hydrogen-bond acceptors (Lipinski definition) is 9. The molecule has 11 heteroatoms. The van der Waals surface area contributed by atoms with E-state index in [0.717, 1.165) is 10.4 Å². The fraction of sp³-hybridized carbons (Fsp3) is 0.425. The van der Waals surface area contributed by atoms with Gasteiger partial charge in [-0.3, -0.25) is 9.79 Å². The van der Waals surface area contributed by atoms with Crippen molar-refractivity contribution in [1.82, 2.24) is 0 Å². The van der Waals surface area contributed by atoms with Crippen LogP contribution in [-0.2, 0) is 23.4 Å². The van der Waals surface area contributed by atoms with Gasteiger partial charge in [0.1, 0.15) is 29.4 Å². The molecule has 1 aliphatic carbocycles. The molecule has 3 aromatic rings. The molecule has 1 saturated heterocycles. The average molecular weight is 750 g/mol. The van der Waals surface area contributed by atoms with E-state index in [1.165, 1.54) is 7.11 Å². The SMILES string of the molecule is CO[C@H]1[C@H](OC(=O)c2ccc(Cl)cc2)[C@H](N=C(C)C2=C(O)CC(C)(C)CC2=O)[C@H](S)O[C@@H]1CO[Si](c1ccccc1)(c1ccccc1)C(C)(C)C. The topological polar surface area (TPSA) is 104 Å². The molecule has 1 aliphatic heterocycles. The zero-order chi connectivity index (χ0) is 37.1. The van der Waals surface area contributed by atoms with E-state index >= 15 is 0 Å². The molecule has 272 valence electrons. The number of ether oxygens (including phenoxy) is 3. The van der Waals surface area contributed by atoms with Gasteiger partial charge >= 0.3 is 5.97 Å². The van der Waals surface area contributed by atoms with Crippen molar-refractivity contribution in [1.29, 1.82) is 0 Å². The molecule has 0 unspecified atom stereocenters. The molecule has 1 heterocycles. The van der Waals surface area contributed by atoms with Gasteiger partial charge in [-0.1, -0.05) is 107 Å². The van der Waals surface area contributed by atoms with Crippen LogP contribution in [0, 0.1) is 5.41 Å². The van der Waals surface area contributed by atoms with Gasteiger partial charge in [-0.05, 0) is 52.0 Å². The molecule has 1 fully saturated rings. The summed E-state index contributed by atoms with van der Waals surface area (Å²) in [5.41, 5.74) is -0.490. The molecule has 0 radical (unpaired) electrons. The smallest absolute Gasteiger partial charge is 0.338 e. The molecule has 5 atom stereocenters. The molecule has 0 aromatic heterocycles. The van der Waals surface area contributed by atoms with Crippen molar-refractivity contribution in [3.8, 4) is 0 Å². The van der Waals surface area contributed by atoms with E-state index in [-0.39, 0.29) is 40.6 Å². The third kappa shape index (κ3) is 8.37. The predicted molar refractivity (Wildman–Crippen MR) is 207 cm³/mol. The molecule has 1 N–H and O–H groups in total. The number of halogens is 1. The molecular weight excluding hydrogens is 702 g/mol. The Morgan fingerprint density at radius 2 is 1.55 bits per heavy atom. The van der Waals surface area contributed by atoms with Gasteiger partial charge < -0.3 is 23.7 Å². The van der Waals surface area contributed by atoms with E-state index in [1.807, 2.05) is 50.2 Å². The molecule has 0 bridgehead atoms. The fourth-order valence-electron chi connectivity index (χ4n) is 7.33. The number of allylic oxidation sites excluding steroid dienone is 2. The number of carbonyl (C=O) groups is 2. The fourth-order valence-corrected chi connectivity index (χ4v) is 12.4. The summed E-state index contributed by atoms with van der Waals surface area (Å²) in [4.78, 5) is 31.8. The van der Waals surface area contributed by atoms with E-state index in [2.05, 4.69) is 45.0 Å². The summed E-state index contributed by atoms with van der Waals surface area (Å²) in [6.45, 7) is 12.2. The number of nitrogens with zero attached hydrogens (tertiary/aromatic N) is 1. The zero-order valence-corrected chi connectivity index (χ0v) is 32.9. The zero-order valence-electron chi connectivity index (χ0n) is 30.3. The van der Waals surface area contributed by atoms with Crippen LogP contribution in [-0.4, -0.2) is 74.4 Å². The number of esters is 1. The lowest BCUT2D eigenvalue weighted by Crippen LogP contribution is -2.68. The van der Waals surface area contributed by atoms with Gasteiger partial charge in [0.05, 0.1) is 17.7 Å². The van der Waals surface area contributed by atoms with Crippen molar-refractivity contribution in [3.63, 3.8) is 0 Å². The second-order valence-electron chi connectivity index (χ2n) is 15.1. The molecule has 3 aromatic carbocycles. The highest BCUT2D eigenvalue weighted by Crippen LogP contribution is 2.39. The first kappa shape index (κ1) is 39.0. The van der Waals surface area contributed by atoms with Gasteiger partial charge in [-0.15, -0.1) is 12.6 Å². The van der Waals surface area contributed by atoms with Gasteiger partial charge in [0.15, 0.2) is 11.9 Å². The number of hydrogen-bond donors (Lipinski definition) is 2. The second-order valence-corrected chi connectivity index (χ2v) is 20.3. The summed E-state index contributed by atoms with van der Waals surface area (Å²) in [7, 11) is -1.45. The van der Waals surface area contributed by atoms with Crippen molar-refractivity contribution in [2.75, 3.05) is 13.7 Å². The maximum atomic E-state index is 13.7. The molecule has 0 amide bonds. The van der Waals surface area contributed by atoms with Crippen LogP contribution in [0.1, 0.15) is 64.7 Å². The number of benzene rings is 3. The first-order chi connectivity index (χ1) is 24.1. The highest BCUT2D eigenvalue weighted by molar-refractivity contribution is 7.80. The van der Waals surface area contributed by atoms with Crippen LogP contribution in [0.3, 0.4) is 0 Å².